The fraction of sp³-hybridized carbons (Fsp3) is 0.667. The third kappa shape index (κ3) is 2.73. The van der Waals surface area contributed by atoms with Crippen LogP contribution in [0.1, 0.15) is 32.3 Å². The van der Waals surface area contributed by atoms with E-state index in [1.807, 2.05) is 11.3 Å². The van der Waals surface area contributed by atoms with Crippen molar-refractivity contribution in [3.63, 3.8) is 0 Å². The van der Waals surface area contributed by atoms with Crippen LogP contribution in [-0.2, 0) is 0 Å². The summed E-state index contributed by atoms with van der Waals surface area (Å²) in [7, 11) is 0. The predicted octanol–water partition coefficient (Wildman–Crippen LogP) is 3.00. The first-order chi connectivity index (χ1) is 7.07. The van der Waals surface area contributed by atoms with E-state index in [-0.39, 0.29) is 5.54 Å². The maximum Gasteiger partial charge on any atom is 0.0914 e. The number of anilines is 1. The summed E-state index contributed by atoms with van der Waals surface area (Å²) in [6, 6.07) is 2.80. The molecule has 1 atom stereocenters. The molecule has 3 heteroatoms. The molecule has 0 aromatic carbocycles. The third-order valence-corrected chi connectivity index (χ3v) is 4.00. The molecule has 1 aliphatic rings. The molecule has 0 radical (unpaired) electrons. The quantitative estimate of drug-likeness (QED) is 0.807. The Morgan fingerprint density at radius 1 is 1.53 bits per heavy atom. The van der Waals surface area contributed by atoms with Crippen molar-refractivity contribution in [3.8, 4) is 0 Å². The molecular formula is C12H20N2S. The van der Waals surface area contributed by atoms with E-state index in [1.54, 1.807) is 0 Å². The second-order valence-corrected chi connectivity index (χ2v) is 5.99. The van der Waals surface area contributed by atoms with Gasteiger partial charge in [-0.1, -0.05) is 0 Å². The summed E-state index contributed by atoms with van der Waals surface area (Å²) in [6.07, 6.45) is 2.42. The van der Waals surface area contributed by atoms with Crippen LogP contribution >= 0.6 is 11.3 Å². The monoisotopic (exact) mass is 224 g/mol. The molecule has 0 bridgehead atoms. The fourth-order valence-corrected chi connectivity index (χ4v) is 3.10. The average Bonchev–Trinajstić information content (AvgIpc) is 2.50. The second kappa shape index (κ2) is 4.14. The minimum absolute atomic E-state index is 0.279. The van der Waals surface area contributed by atoms with Crippen molar-refractivity contribution in [2.75, 3.05) is 11.9 Å². The van der Waals surface area contributed by atoms with Gasteiger partial charge in [-0.2, -0.15) is 0 Å². The number of hydrogen-bond acceptors (Lipinski definition) is 3. The van der Waals surface area contributed by atoms with E-state index in [9.17, 15) is 0 Å². The molecule has 1 fully saturated rings. The maximum absolute atomic E-state index is 3.66. The van der Waals surface area contributed by atoms with Gasteiger partial charge in [0.1, 0.15) is 0 Å². The summed E-state index contributed by atoms with van der Waals surface area (Å²) < 4.78 is 0. The van der Waals surface area contributed by atoms with Crippen molar-refractivity contribution in [2.45, 2.75) is 45.2 Å². The first kappa shape index (κ1) is 11.0. The minimum atomic E-state index is 0.279. The molecule has 15 heavy (non-hydrogen) atoms. The number of hydrogen-bond donors (Lipinski definition) is 2. The van der Waals surface area contributed by atoms with E-state index >= 15 is 0 Å². The van der Waals surface area contributed by atoms with Gasteiger partial charge in [-0.05, 0) is 57.2 Å². The van der Waals surface area contributed by atoms with Crippen molar-refractivity contribution in [1.29, 1.82) is 0 Å². The highest BCUT2D eigenvalue weighted by Crippen LogP contribution is 2.27. The van der Waals surface area contributed by atoms with E-state index in [0.29, 0.717) is 6.04 Å². The van der Waals surface area contributed by atoms with Crippen molar-refractivity contribution < 1.29 is 0 Å². The molecule has 2 rings (SSSR count). The van der Waals surface area contributed by atoms with Gasteiger partial charge in [0.25, 0.3) is 0 Å². The Kier molecular flexibility index (Phi) is 3.03. The largest absolute Gasteiger partial charge is 0.374 e. The highest BCUT2D eigenvalue weighted by Gasteiger charge is 2.27. The van der Waals surface area contributed by atoms with Gasteiger partial charge in [0, 0.05) is 11.6 Å². The molecule has 1 saturated heterocycles. The van der Waals surface area contributed by atoms with E-state index in [0.717, 1.165) is 6.54 Å². The molecule has 1 aliphatic heterocycles. The van der Waals surface area contributed by atoms with Crippen LogP contribution in [0.4, 0.5) is 5.00 Å². The van der Waals surface area contributed by atoms with Gasteiger partial charge in [0.15, 0.2) is 0 Å². The molecule has 2 heterocycles. The Morgan fingerprint density at radius 3 is 2.93 bits per heavy atom. The van der Waals surface area contributed by atoms with E-state index in [2.05, 4.69) is 42.9 Å². The number of nitrogens with one attached hydrogen (secondary N) is 2. The fourth-order valence-electron chi connectivity index (χ4n) is 2.20. The zero-order chi connectivity index (χ0) is 10.9. The zero-order valence-corrected chi connectivity index (χ0v) is 10.6. The molecule has 0 saturated carbocycles. The highest BCUT2D eigenvalue weighted by molar-refractivity contribution is 7.14. The van der Waals surface area contributed by atoms with Crippen LogP contribution in [0.15, 0.2) is 11.4 Å². The zero-order valence-electron chi connectivity index (χ0n) is 9.76. The summed E-state index contributed by atoms with van der Waals surface area (Å²) in [4.78, 5) is 0. The lowest BCUT2D eigenvalue weighted by Gasteiger charge is -2.37. The third-order valence-electron chi connectivity index (χ3n) is 3.05. The molecule has 0 amide bonds. The van der Waals surface area contributed by atoms with Gasteiger partial charge in [0.2, 0.25) is 0 Å². The Labute approximate surface area is 96.1 Å². The number of rotatable bonds is 2. The Hall–Kier alpha value is -0.540. The van der Waals surface area contributed by atoms with Crippen LogP contribution in [-0.4, -0.2) is 18.1 Å². The van der Waals surface area contributed by atoms with Gasteiger partial charge in [-0.15, -0.1) is 11.3 Å². The molecule has 1 aromatic rings. The lowest BCUT2D eigenvalue weighted by molar-refractivity contribution is 0.286. The molecule has 2 nitrogen and oxygen atoms in total. The Balaban J connectivity index is 1.98. The highest BCUT2D eigenvalue weighted by atomic mass is 32.1. The van der Waals surface area contributed by atoms with Crippen LogP contribution in [0.2, 0.25) is 0 Å². The normalized spacial score (nSPS) is 25.1. The van der Waals surface area contributed by atoms with E-state index in [1.165, 1.54) is 23.4 Å². The first-order valence-electron chi connectivity index (χ1n) is 5.62. The van der Waals surface area contributed by atoms with Gasteiger partial charge in [-0.25, -0.2) is 0 Å². The predicted molar refractivity (Wildman–Crippen MR) is 67.8 cm³/mol. The lowest BCUT2D eigenvalue weighted by Crippen LogP contribution is -2.49. The number of piperidine rings is 1. The standard InChI is InChI=1S/C12H20N2S/c1-9-5-7-15-11(9)14-10-4-6-13-12(2,3)8-10/h5,7,10,13-14H,4,6,8H2,1-3H3. The lowest BCUT2D eigenvalue weighted by atomic mass is 9.89. The SMILES string of the molecule is Cc1ccsc1NC1CCNC(C)(C)C1. The summed E-state index contributed by atoms with van der Waals surface area (Å²) in [6.45, 7) is 7.85. The topological polar surface area (TPSA) is 24.1 Å². The van der Waals surface area contributed by atoms with Crippen molar-refractivity contribution in [1.82, 2.24) is 5.32 Å². The molecule has 0 aliphatic carbocycles. The van der Waals surface area contributed by atoms with Gasteiger partial charge in [0.05, 0.1) is 5.00 Å². The molecule has 1 unspecified atom stereocenters. The Bertz CT molecular complexity index is 330. The number of aryl methyl sites for hydroxylation is 1. The van der Waals surface area contributed by atoms with Crippen LogP contribution < -0.4 is 10.6 Å². The van der Waals surface area contributed by atoms with Crippen molar-refractivity contribution >= 4 is 16.3 Å². The van der Waals surface area contributed by atoms with E-state index < -0.39 is 0 Å². The summed E-state index contributed by atoms with van der Waals surface area (Å²) in [5.74, 6) is 0. The Morgan fingerprint density at radius 2 is 2.33 bits per heavy atom. The second-order valence-electron chi connectivity index (χ2n) is 5.08. The van der Waals surface area contributed by atoms with Crippen LogP contribution in [0.25, 0.3) is 0 Å². The van der Waals surface area contributed by atoms with Crippen LogP contribution in [0.3, 0.4) is 0 Å². The van der Waals surface area contributed by atoms with Gasteiger partial charge < -0.3 is 10.6 Å². The van der Waals surface area contributed by atoms with E-state index in [4.69, 9.17) is 0 Å². The smallest absolute Gasteiger partial charge is 0.0914 e. The summed E-state index contributed by atoms with van der Waals surface area (Å²) >= 11 is 1.81. The average molecular weight is 224 g/mol. The molecule has 0 spiro atoms. The molecular weight excluding hydrogens is 204 g/mol. The number of thiophene rings is 1. The van der Waals surface area contributed by atoms with Crippen LogP contribution in [0.5, 0.6) is 0 Å². The summed E-state index contributed by atoms with van der Waals surface area (Å²) in [5, 5.41) is 10.7. The van der Waals surface area contributed by atoms with Gasteiger partial charge >= 0.3 is 0 Å². The molecule has 2 N–H and O–H groups in total. The molecule has 1 aromatic heterocycles. The summed E-state index contributed by atoms with van der Waals surface area (Å²) in [5.41, 5.74) is 1.65. The first-order valence-corrected chi connectivity index (χ1v) is 6.50. The minimum Gasteiger partial charge on any atom is -0.374 e. The maximum atomic E-state index is 3.66. The van der Waals surface area contributed by atoms with Crippen molar-refractivity contribution in [3.05, 3.63) is 17.0 Å². The van der Waals surface area contributed by atoms with Crippen molar-refractivity contribution in [2.24, 2.45) is 0 Å². The van der Waals surface area contributed by atoms with Gasteiger partial charge in [-0.3, -0.25) is 0 Å². The molecule has 84 valence electrons. The van der Waals surface area contributed by atoms with Crippen LogP contribution in [0, 0.1) is 6.92 Å².